The summed E-state index contributed by atoms with van der Waals surface area (Å²) >= 11 is 0. The van der Waals surface area contributed by atoms with Crippen molar-refractivity contribution in [2.24, 2.45) is 5.92 Å². The Morgan fingerprint density at radius 3 is 2.24 bits per heavy atom. The van der Waals surface area contributed by atoms with E-state index in [0.29, 0.717) is 17.4 Å². The number of nitrogens with one attached hydrogen (secondary N) is 1. The van der Waals surface area contributed by atoms with Crippen molar-refractivity contribution < 1.29 is 9.53 Å². The van der Waals surface area contributed by atoms with Crippen molar-refractivity contribution in [2.75, 3.05) is 5.32 Å². The molecular formula is C22H19NO2. The lowest BCUT2D eigenvalue weighted by molar-refractivity contribution is -0.117. The number of amides is 1. The lowest BCUT2D eigenvalue weighted by Crippen LogP contribution is -2.15. The van der Waals surface area contributed by atoms with Crippen LogP contribution in [0.4, 0.5) is 5.69 Å². The van der Waals surface area contributed by atoms with Gasteiger partial charge in [-0.05, 0) is 42.2 Å². The van der Waals surface area contributed by atoms with Gasteiger partial charge >= 0.3 is 0 Å². The van der Waals surface area contributed by atoms with Crippen LogP contribution in [0.15, 0.2) is 84.9 Å². The van der Waals surface area contributed by atoms with E-state index >= 15 is 0 Å². The minimum absolute atomic E-state index is 0.0344. The molecule has 3 aromatic rings. The van der Waals surface area contributed by atoms with Crippen LogP contribution in [0.25, 0.3) is 0 Å². The number of benzene rings is 3. The van der Waals surface area contributed by atoms with E-state index in [-0.39, 0.29) is 11.8 Å². The van der Waals surface area contributed by atoms with Crippen molar-refractivity contribution in [3.8, 4) is 11.5 Å². The molecule has 2 unspecified atom stereocenters. The van der Waals surface area contributed by atoms with Crippen LogP contribution in [0.2, 0.25) is 0 Å². The maximum atomic E-state index is 12.6. The van der Waals surface area contributed by atoms with E-state index in [1.165, 1.54) is 5.56 Å². The average Bonchev–Trinajstić information content (AvgIpc) is 3.46. The van der Waals surface area contributed by atoms with Gasteiger partial charge in [-0.15, -0.1) is 0 Å². The van der Waals surface area contributed by atoms with Gasteiger partial charge in [0.05, 0.1) is 5.69 Å². The van der Waals surface area contributed by atoms with Crippen LogP contribution < -0.4 is 10.1 Å². The van der Waals surface area contributed by atoms with E-state index in [4.69, 9.17) is 4.74 Å². The third-order valence-electron chi connectivity index (χ3n) is 4.47. The summed E-state index contributed by atoms with van der Waals surface area (Å²) in [6, 6.07) is 27.3. The highest BCUT2D eigenvalue weighted by molar-refractivity contribution is 5.96. The molecule has 0 spiro atoms. The van der Waals surface area contributed by atoms with E-state index in [1.54, 1.807) is 0 Å². The maximum absolute atomic E-state index is 12.6. The fraction of sp³-hybridized carbons (Fsp3) is 0.136. The van der Waals surface area contributed by atoms with Gasteiger partial charge in [-0.2, -0.15) is 0 Å². The zero-order chi connectivity index (χ0) is 17.1. The Morgan fingerprint density at radius 1 is 0.840 bits per heavy atom. The second kappa shape index (κ2) is 6.81. The second-order valence-electron chi connectivity index (χ2n) is 6.26. The van der Waals surface area contributed by atoms with Crippen LogP contribution in [-0.4, -0.2) is 5.91 Å². The molecule has 0 aromatic heterocycles. The summed E-state index contributed by atoms with van der Waals surface area (Å²) in [4.78, 5) is 12.6. The Bertz CT molecular complexity index is 861. The molecule has 1 aliphatic rings. The summed E-state index contributed by atoms with van der Waals surface area (Å²) < 4.78 is 5.91. The quantitative estimate of drug-likeness (QED) is 0.697. The highest BCUT2D eigenvalue weighted by atomic mass is 16.5. The smallest absolute Gasteiger partial charge is 0.228 e. The van der Waals surface area contributed by atoms with Gasteiger partial charge in [-0.1, -0.05) is 60.7 Å². The maximum Gasteiger partial charge on any atom is 0.228 e. The molecule has 0 radical (unpaired) electrons. The van der Waals surface area contributed by atoms with E-state index in [1.807, 2.05) is 72.8 Å². The van der Waals surface area contributed by atoms with Crippen LogP contribution in [-0.2, 0) is 4.79 Å². The largest absolute Gasteiger partial charge is 0.455 e. The van der Waals surface area contributed by atoms with Gasteiger partial charge in [0.1, 0.15) is 5.75 Å². The molecule has 1 aliphatic carbocycles. The molecule has 3 aromatic carbocycles. The Hall–Kier alpha value is -3.07. The number of hydrogen-bond donors (Lipinski definition) is 1. The summed E-state index contributed by atoms with van der Waals surface area (Å²) in [5.74, 6) is 1.81. The summed E-state index contributed by atoms with van der Waals surface area (Å²) in [6.07, 6.45) is 0.900. The van der Waals surface area contributed by atoms with E-state index in [0.717, 1.165) is 12.2 Å². The number of rotatable bonds is 5. The normalized spacial score (nSPS) is 18.4. The molecule has 1 amide bonds. The summed E-state index contributed by atoms with van der Waals surface area (Å²) in [5.41, 5.74) is 1.94. The Labute approximate surface area is 147 Å². The van der Waals surface area contributed by atoms with Crippen molar-refractivity contribution in [1.29, 1.82) is 0 Å². The van der Waals surface area contributed by atoms with E-state index in [2.05, 4.69) is 17.4 Å². The minimum Gasteiger partial charge on any atom is -0.455 e. The van der Waals surface area contributed by atoms with Crippen LogP contribution in [0.1, 0.15) is 17.9 Å². The minimum atomic E-state index is 0.0344. The number of hydrogen-bond acceptors (Lipinski definition) is 2. The predicted molar refractivity (Wildman–Crippen MR) is 98.9 cm³/mol. The van der Waals surface area contributed by atoms with Crippen molar-refractivity contribution in [1.82, 2.24) is 0 Å². The molecular weight excluding hydrogens is 310 g/mol. The highest BCUT2D eigenvalue weighted by Crippen LogP contribution is 2.48. The Morgan fingerprint density at radius 2 is 1.48 bits per heavy atom. The molecule has 1 fully saturated rings. The lowest BCUT2D eigenvalue weighted by Gasteiger charge is -2.12. The zero-order valence-electron chi connectivity index (χ0n) is 13.8. The molecule has 0 bridgehead atoms. The van der Waals surface area contributed by atoms with Gasteiger partial charge in [0.25, 0.3) is 0 Å². The molecule has 4 rings (SSSR count). The van der Waals surface area contributed by atoms with Gasteiger partial charge < -0.3 is 10.1 Å². The second-order valence-corrected chi connectivity index (χ2v) is 6.26. The average molecular weight is 329 g/mol. The number of carbonyl (C=O) groups is 1. The van der Waals surface area contributed by atoms with Gasteiger partial charge in [-0.25, -0.2) is 0 Å². The van der Waals surface area contributed by atoms with Crippen molar-refractivity contribution in [3.05, 3.63) is 90.5 Å². The van der Waals surface area contributed by atoms with Gasteiger partial charge in [0, 0.05) is 5.92 Å². The first-order chi connectivity index (χ1) is 12.3. The fourth-order valence-corrected chi connectivity index (χ4v) is 3.05. The van der Waals surface area contributed by atoms with E-state index < -0.39 is 0 Å². The van der Waals surface area contributed by atoms with Gasteiger partial charge in [0.2, 0.25) is 5.91 Å². The molecule has 0 aliphatic heterocycles. The van der Waals surface area contributed by atoms with Crippen LogP contribution in [0.3, 0.4) is 0 Å². The first-order valence-electron chi connectivity index (χ1n) is 8.49. The number of ether oxygens (including phenoxy) is 1. The molecule has 124 valence electrons. The number of para-hydroxylation sites is 3. The molecule has 1 N–H and O–H groups in total. The van der Waals surface area contributed by atoms with Crippen LogP contribution in [0, 0.1) is 5.92 Å². The van der Waals surface area contributed by atoms with Crippen LogP contribution >= 0.6 is 0 Å². The highest BCUT2D eigenvalue weighted by Gasteiger charge is 2.43. The summed E-state index contributed by atoms with van der Waals surface area (Å²) in [7, 11) is 0. The topological polar surface area (TPSA) is 38.3 Å². The zero-order valence-corrected chi connectivity index (χ0v) is 13.8. The van der Waals surface area contributed by atoms with Gasteiger partial charge in [0.15, 0.2) is 5.75 Å². The molecule has 3 heteroatoms. The SMILES string of the molecule is O=C(Nc1ccccc1Oc1ccccc1)C1CC1c1ccccc1. The van der Waals surface area contributed by atoms with Crippen molar-refractivity contribution in [3.63, 3.8) is 0 Å². The third kappa shape index (κ3) is 3.56. The molecule has 3 nitrogen and oxygen atoms in total. The predicted octanol–water partition coefficient (Wildman–Crippen LogP) is 5.22. The van der Waals surface area contributed by atoms with Crippen molar-refractivity contribution >= 4 is 11.6 Å². The molecule has 25 heavy (non-hydrogen) atoms. The molecule has 2 atom stereocenters. The molecule has 0 heterocycles. The Kier molecular flexibility index (Phi) is 4.21. The fourth-order valence-electron chi connectivity index (χ4n) is 3.05. The van der Waals surface area contributed by atoms with Gasteiger partial charge in [-0.3, -0.25) is 4.79 Å². The molecule has 1 saturated carbocycles. The monoisotopic (exact) mass is 329 g/mol. The lowest BCUT2D eigenvalue weighted by atomic mass is 10.1. The van der Waals surface area contributed by atoms with Crippen LogP contribution in [0.5, 0.6) is 11.5 Å². The van der Waals surface area contributed by atoms with Crippen molar-refractivity contribution in [2.45, 2.75) is 12.3 Å². The summed E-state index contributed by atoms with van der Waals surface area (Å²) in [5, 5.41) is 3.03. The standard InChI is InChI=1S/C22H19NO2/c24-22(19-15-18(19)16-9-3-1-4-10-16)23-20-13-7-8-14-21(20)25-17-11-5-2-6-12-17/h1-14,18-19H,15H2,(H,23,24). The number of anilines is 1. The number of carbonyl (C=O) groups excluding carboxylic acids is 1. The first-order valence-corrected chi connectivity index (χ1v) is 8.49. The van der Waals surface area contributed by atoms with E-state index in [9.17, 15) is 4.79 Å². The molecule has 0 saturated heterocycles. The third-order valence-corrected chi connectivity index (χ3v) is 4.47. The first kappa shape index (κ1) is 15.5. The Balaban J connectivity index is 1.46. The summed E-state index contributed by atoms with van der Waals surface area (Å²) in [6.45, 7) is 0.